The summed E-state index contributed by atoms with van der Waals surface area (Å²) >= 11 is 0. The van der Waals surface area contributed by atoms with E-state index in [4.69, 9.17) is 11.5 Å². The van der Waals surface area contributed by atoms with Gasteiger partial charge in [-0.2, -0.15) is 0 Å². The highest BCUT2D eigenvalue weighted by atomic mass is 16.3. The number of rotatable bonds is 4. The second-order valence-electron chi connectivity index (χ2n) is 3.32. The quantitative estimate of drug-likeness (QED) is 0.574. The third-order valence-corrected chi connectivity index (χ3v) is 2.07. The van der Waals surface area contributed by atoms with Crippen LogP contribution in [0.3, 0.4) is 0 Å². The van der Waals surface area contributed by atoms with E-state index in [-0.39, 0.29) is 17.5 Å². The van der Waals surface area contributed by atoms with Crippen LogP contribution in [0.4, 0.5) is 0 Å². The molecule has 1 rings (SSSR count). The molecule has 0 aromatic heterocycles. The van der Waals surface area contributed by atoms with Crippen molar-refractivity contribution < 1.29 is 10.2 Å². The Morgan fingerprint density at radius 3 is 2.21 bits per heavy atom. The highest BCUT2D eigenvalue weighted by Crippen LogP contribution is 2.25. The third kappa shape index (κ3) is 2.90. The molecular weight excluding hydrogens is 180 g/mol. The van der Waals surface area contributed by atoms with E-state index in [9.17, 15) is 10.2 Å². The molecule has 0 bridgehead atoms. The predicted molar refractivity (Wildman–Crippen MR) is 55.0 cm³/mol. The molecule has 0 aliphatic carbocycles. The number of nitrogens with two attached hydrogens (primary N) is 2. The molecule has 0 aliphatic heterocycles. The van der Waals surface area contributed by atoms with Crippen LogP contribution in [0.25, 0.3) is 0 Å². The summed E-state index contributed by atoms with van der Waals surface area (Å²) in [6, 6.07) is 4.21. The molecule has 0 unspecified atom stereocenters. The Balaban J connectivity index is 2.73. The Labute approximate surface area is 83.2 Å². The monoisotopic (exact) mass is 196 g/mol. The zero-order valence-electron chi connectivity index (χ0n) is 7.98. The van der Waals surface area contributed by atoms with E-state index in [0.717, 1.165) is 18.4 Å². The number of benzene rings is 1. The lowest BCUT2D eigenvalue weighted by atomic mass is 10.0. The van der Waals surface area contributed by atoms with Crippen molar-refractivity contribution in [1.82, 2.24) is 0 Å². The van der Waals surface area contributed by atoms with Crippen LogP contribution in [0, 0.1) is 0 Å². The lowest BCUT2D eigenvalue weighted by molar-refractivity contribution is 0.447. The summed E-state index contributed by atoms with van der Waals surface area (Å²) in [5.74, 6) is 0.0615. The summed E-state index contributed by atoms with van der Waals surface area (Å²) in [7, 11) is 0. The summed E-state index contributed by atoms with van der Waals surface area (Å²) in [4.78, 5) is 0. The van der Waals surface area contributed by atoms with E-state index in [1.807, 2.05) is 0 Å². The Hall–Kier alpha value is -1.26. The maximum atomic E-state index is 9.23. The van der Waals surface area contributed by atoms with Gasteiger partial charge in [-0.3, -0.25) is 0 Å². The van der Waals surface area contributed by atoms with Gasteiger partial charge < -0.3 is 21.7 Å². The largest absolute Gasteiger partial charge is 0.508 e. The molecule has 0 aliphatic rings. The molecule has 0 heterocycles. The minimum absolute atomic E-state index is 0.0307. The minimum Gasteiger partial charge on any atom is -0.508 e. The zero-order chi connectivity index (χ0) is 10.6. The van der Waals surface area contributed by atoms with Crippen molar-refractivity contribution in [3.63, 3.8) is 0 Å². The molecule has 4 nitrogen and oxygen atoms in total. The van der Waals surface area contributed by atoms with Gasteiger partial charge in [-0.15, -0.1) is 0 Å². The van der Waals surface area contributed by atoms with E-state index in [2.05, 4.69) is 0 Å². The van der Waals surface area contributed by atoms with Crippen LogP contribution < -0.4 is 11.5 Å². The molecule has 4 heteroatoms. The van der Waals surface area contributed by atoms with Crippen molar-refractivity contribution in [3.05, 3.63) is 23.8 Å². The highest BCUT2D eigenvalue weighted by Gasteiger charge is 2.07. The molecule has 0 spiro atoms. The average Bonchev–Trinajstić information content (AvgIpc) is 2.12. The van der Waals surface area contributed by atoms with E-state index >= 15 is 0 Å². The van der Waals surface area contributed by atoms with Gasteiger partial charge in [0, 0.05) is 12.1 Å². The van der Waals surface area contributed by atoms with Crippen LogP contribution in [0.2, 0.25) is 0 Å². The van der Waals surface area contributed by atoms with Crippen LogP contribution in [0.5, 0.6) is 11.5 Å². The van der Waals surface area contributed by atoms with Gasteiger partial charge in [0.25, 0.3) is 0 Å². The first-order chi connectivity index (χ1) is 6.63. The molecule has 0 fully saturated rings. The maximum absolute atomic E-state index is 9.23. The molecule has 0 saturated heterocycles. The number of phenols is 2. The van der Waals surface area contributed by atoms with Gasteiger partial charge in [-0.25, -0.2) is 0 Å². The fourth-order valence-corrected chi connectivity index (χ4v) is 1.34. The van der Waals surface area contributed by atoms with Crippen LogP contribution >= 0.6 is 0 Å². The molecule has 0 amide bonds. The van der Waals surface area contributed by atoms with E-state index in [0.29, 0.717) is 6.54 Å². The fraction of sp³-hybridized carbons (Fsp3) is 0.400. The number of hydrogen-bond acceptors (Lipinski definition) is 4. The van der Waals surface area contributed by atoms with Crippen LogP contribution in [0.15, 0.2) is 18.2 Å². The van der Waals surface area contributed by atoms with Gasteiger partial charge in [0.2, 0.25) is 0 Å². The summed E-state index contributed by atoms with van der Waals surface area (Å²) in [6.45, 7) is 0.596. The Bertz CT molecular complexity index is 282. The molecule has 14 heavy (non-hydrogen) atoms. The van der Waals surface area contributed by atoms with Gasteiger partial charge in [0.15, 0.2) is 0 Å². The van der Waals surface area contributed by atoms with E-state index in [1.165, 1.54) is 6.07 Å². The topological polar surface area (TPSA) is 92.5 Å². The minimum atomic E-state index is -0.184. The normalized spacial score (nSPS) is 12.7. The van der Waals surface area contributed by atoms with Crippen molar-refractivity contribution in [2.24, 2.45) is 11.5 Å². The number of phenolic OH excluding ortho intramolecular Hbond substituents is 2. The molecular formula is C10H16N2O2. The summed E-state index contributed by atoms with van der Waals surface area (Å²) in [6.07, 6.45) is 1.58. The van der Waals surface area contributed by atoms with Crippen molar-refractivity contribution in [2.45, 2.75) is 18.9 Å². The first-order valence-corrected chi connectivity index (χ1v) is 4.62. The number of aromatic hydroxyl groups is 2. The predicted octanol–water partition coefficient (Wildman–Crippen LogP) is 0.837. The molecule has 1 aromatic rings. The van der Waals surface area contributed by atoms with Crippen molar-refractivity contribution in [2.75, 3.05) is 6.54 Å². The molecule has 1 atom stereocenters. The molecule has 0 radical (unpaired) electrons. The lowest BCUT2D eigenvalue weighted by Crippen LogP contribution is -2.12. The Morgan fingerprint density at radius 1 is 1.14 bits per heavy atom. The van der Waals surface area contributed by atoms with Crippen LogP contribution in [0.1, 0.15) is 24.4 Å². The van der Waals surface area contributed by atoms with Gasteiger partial charge in [0.05, 0.1) is 0 Å². The maximum Gasteiger partial charge on any atom is 0.119 e. The van der Waals surface area contributed by atoms with Gasteiger partial charge in [-0.05, 0) is 37.1 Å². The summed E-state index contributed by atoms with van der Waals surface area (Å²) in [5.41, 5.74) is 11.9. The van der Waals surface area contributed by atoms with Gasteiger partial charge >= 0.3 is 0 Å². The van der Waals surface area contributed by atoms with Crippen molar-refractivity contribution >= 4 is 0 Å². The second kappa shape index (κ2) is 4.83. The summed E-state index contributed by atoms with van der Waals surface area (Å²) in [5, 5.41) is 18.5. The molecule has 0 saturated carbocycles. The van der Waals surface area contributed by atoms with Crippen molar-refractivity contribution in [1.29, 1.82) is 0 Å². The Morgan fingerprint density at radius 2 is 1.71 bits per heavy atom. The first kappa shape index (κ1) is 10.8. The lowest BCUT2D eigenvalue weighted by Gasteiger charge is -2.11. The van der Waals surface area contributed by atoms with Gasteiger partial charge in [0.1, 0.15) is 11.5 Å². The Kier molecular flexibility index (Phi) is 3.73. The number of hydrogen-bond donors (Lipinski definition) is 4. The highest BCUT2D eigenvalue weighted by molar-refractivity contribution is 5.37. The third-order valence-electron chi connectivity index (χ3n) is 2.07. The standard InChI is InChI=1S/C10H16N2O2/c11-3-1-2-10(12)7-4-8(13)6-9(14)5-7/h4-6,10,13-14H,1-3,11-12H2/t10-/m1/s1. The van der Waals surface area contributed by atoms with Gasteiger partial charge in [-0.1, -0.05) is 0 Å². The first-order valence-electron chi connectivity index (χ1n) is 4.62. The summed E-state index contributed by atoms with van der Waals surface area (Å²) < 4.78 is 0. The average molecular weight is 196 g/mol. The SMILES string of the molecule is NCCC[C@@H](N)c1cc(O)cc(O)c1. The fourth-order valence-electron chi connectivity index (χ4n) is 1.34. The molecule has 78 valence electrons. The van der Waals surface area contributed by atoms with Crippen LogP contribution in [-0.2, 0) is 0 Å². The molecule has 1 aromatic carbocycles. The second-order valence-corrected chi connectivity index (χ2v) is 3.32. The zero-order valence-corrected chi connectivity index (χ0v) is 7.98. The van der Waals surface area contributed by atoms with E-state index in [1.54, 1.807) is 12.1 Å². The van der Waals surface area contributed by atoms with E-state index < -0.39 is 0 Å². The molecule has 6 N–H and O–H groups in total. The van der Waals surface area contributed by atoms with Crippen LogP contribution in [-0.4, -0.2) is 16.8 Å². The smallest absolute Gasteiger partial charge is 0.119 e. The van der Waals surface area contributed by atoms with Crippen molar-refractivity contribution in [3.8, 4) is 11.5 Å².